The zero-order valence-corrected chi connectivity index (χ0v) is 26.0. The standard InChI is InChI=1S/C29H29N9O4S2/c1-18-12-25(38(4-8-41-10-6-39)5-9-42-11-7-40)24(35-37-29-22(15-31)20(3)27(17-33)44-29)13-23(18)34-36-28-21(14-30)19(2)26(16-32)43-28/h12-13,39-40H,4-11H2,1-3H3. The van der Waals surface area contributed by atoms with Crippen molar-refractivity contribution in [3.63, 3.8) is 0 Å². The molecule has 0 radical (unpaired) electrons. The second-order valence-electron chi connectivity index (χ2n) is 9.11. The van der Waals surface area contributed by atoms with Crippen molar-refractivity contribution >= 4 is 49.7 Å². The number of hydrogen-bond acceptors (Lipinski definition) is 15. The molecule has 1 aromatic carbocycles. The minimum absolute atomic E-state index is 0.114. The first-order valence-electron chi connectivity index (χ1n) is 13.3. The lowest BCUT2D eigenvalue weighted by atomic mass is 10.1. The van der Waals surface area contributed by atoms with Gasteiger partial charge in [-0.15, -0.1) is 43.1 Å². The summed E-state index contributed by atoms with van der Waals surface area (Å²) < 4.78 is 11.0. The fourth-order valence-electron chi connectivity index (χ4n) is 3.96. The second-order valence-corrected chi connectivity index (χ2v) is 11.1. The van der Waals surface area contributed by atoms with E-state index in [-0.39, 0.29) is 42.6 Å². The highest BCUT2D eigenvalue weighted by atomic mass is 32.1. The molecule has 44 heavy (non-hydrogen) atoms. The Hall–Kier alpha value is -4.58. The van der Waals surface area contributed by atoms with Gasteiger partial charge in [0.1, 0.15) is 39.7 Å². The average molecular weight is 632 g/mol. The van der Waals surface area contributed by atoms with Crippen LogP contribution in [-0.2, 0) is 9.47 Å². The molecule has 0 fully saturated rings. The highest BCUT2D eigenvalue weighted by Crippen LogP contribution is 2.41. The number of rotatable bonds is 15. The van der Waals surface area contributed by atoms with E-state index in [1.165, 1.54) is 0 Å². The molecule has 0 atom stereocenters. The molecule has 13 nitrogen and oxygen atoms in total. The van der Waals surface area contributed by atoms with Crippen LogP contribution in [0.4, 0.5) is 27.1 Å². The number of azo groups is 2. The number of anilines is 1. The van der Waals surface area contributed by atoms with E-state index >= 15 is 0 Å². The smallest absolute Gasteiger partial charge is 0.158 e. The number of aliphatic hydroxyl groups excluding tert-OH is 2. The number of aryl methyl sites for hydroxylation is 1. The van der Waals surface area contributed by atoms with E-state index in [4.69, 9.17) is 19.7 Å². The van der Waals surface area contributed by atoms with Gasteiger partial charge in [-0.3, -0.25) is 0 Å². The van der Waals surface area contributed by atoms with Crippen molar-refractivity contribution in [2.24, 2.45) is 20.5 Å². The quantitative estimate of drug-likeness (QED) is 0.151. The zero-order valence-electron chi connectivity index (χ0n) is 24.4. The van der Waals surface area contributed by atoms with E-state index in [2.05, 4.69) is 44.7 Å². The highest BCUT2D eigenvalue weighted by molar-refractivity contribution is 7.17. The molecule has 0 unspecified atom stereocenters. The Kier molecular flexibility index (Phi) is 13.0. The third kappa shape index (κ3) is 8.28. The molecule has 0 aliphatic rings. The summed E-state index contributed by atoms with van der Waals surface area (Å²) in [4.78, 5) is 2.71. The SMILES string of the molecule is Cc1cc(N(CCOCCO)CCOCCO)c(N=Nc2sc(C#N)c(C)c2C#N)cc1N=Nc1sc(C#N)c(C)c1C#N. The lowest BCUT2D eigenvalue weighted by molar-refractivity contribution is 0.0884. The van der Waals surface area contributed by atoms with Gasteiger partial charge in [-0.1, -0.05) is 0 Å². The molecule has 15 heteroatoms. The van der Waals surface area contributed by atoms with Crippen LogP contribution in [0.15, 0.2) is 32.6 Å². The van der Waals surface area contributed by atoms with Crippen LogP contribution in [0.3, 0.4) is 0 Å². The third-order valence-electron chi connectivity index (χ3n) is 6.30. The lowest BCUT2D eigenvalue weighted by Gasteiger charge is -2.26. The number of thiophene rings is 2. The minimum atomic E-state index is -0.114. The number of nitriles is 4. The number of ether oxygens (including phenoxy) is 2. The van der Waals surface area contributed by atoms with Crippen LogP contribution in [0.2, 0.25) is 0 Å². The van der Waals surface area contributed by atoms with Crippen molar-refractivity contribution < 1.29 is 19.7 Å². The summed E-state index contributed by atoms with van der Waals surface area (Å²) in [6, 6.07) is 11.8. The Balaban J connectivity index is 2.12. The number of nitrogens with zero attached hydrogens (tertiary/aromatic N) is 9. The molecule has 0 bridgehead atoms. The van der Waals surface area contributed by atoms with Gasteiger partial charge in [0.25, 0.3) is 0 Å². The third-order valence-corrected chi connectivity index (χ3v) is 8.46. The summed E-state index contributed by atoms with van der Waals surface area (Å²) in [6.45, 7) is 6.73. The molecule has 2 heterocycles. The Morgan fingerprint density at radius 2 is 1.16 bits per heavy atom. The van der Waals surface area contributed by atoms with Gasteiger partial charge in [0.2, 0.25) is 0 Å². The van der Waals surface area contributed by atoms with Gasteiger partial charge in [0.15, 0.2) is 10.0 Å². The second kappa shape index (κ2) is 16.9. The van der Waals surface area contributed by atoms with Crippen LogP contribution in [0, 0.1) is 66.1 Å². The van der Waals surface area contributed by atoms with E-state index in [1.807, 2.05) is 17.9 Å². The molecule has 0 aliphatic carbocycles. The van der Waals surface area contributed by atoms with Crippen molar-refractivity contribution in [2.45, 2.75) is 20.8 Å². The van der Waals surface area contributed by atoms with Crippen molar-refractivity contribution in [3.8, 4) is 24.3 Å². The summed E-state index contributed by atoms with van der Waals surface area (Å²) in [5, 5.41) is 74.4. The minimum Gasteiger partial charge on any atom is -0.394 e. The summed E-state index contributed by atoms with van der Waals surface area (Å²) in [5.74, 6) is 0. The first-order valence-corrected chi connectivity index (χ1v) is 14.9. The van der Waals surface area contributed by atoms with Gasteiger partial charge >= 0.3 is 0 Å². The number of hydrogen-bond donors (Lipinski definition) is 2. The van der Waals surface area contributed by atoms with Crippen molar-refractivity contribution in [1.29, 1.82) is 21.0 Å². The summed E-state index contributed by atoms with van der Waals surface area (Å²) in [5.41, 5.74) is 3.82. The Morgan fingerprint density at radius 1 is 0.682 bits per heavy atom. The maximum absolute atomic E-state index is 9.67. The fourth-order valence-corrected chi connectivity index (χ4v) is 5.71. The van der Waals surface area contributed by atoms with Crippen LogP contribution < -0.4 is 4.90 Å². The molecule has 3 rings (SSSR count). The summed E-state index contributed by atoms with van der Waals surface area (Å²) in [6.07, 6.45) is 0. The van der Waals surface area contributed by atoms with E-state index in [1.54, 1.807) is 19.9 Å². The molecular formula is C29H29N9O4S2. The normalized spacial score (nSPS) is 11.0. The van der Waals surface area contributed by atoms with Gasteiger partial charge in [0, 0.05) is 13.1 Å². The monoisotopic (exact) mass is 631 g/mol. The fraction of sp³-hybridized carbons (Fsp3) is 0.379. The predicted octanol–water partition coefficient (Wildman–Crippen LogP) is 5.88. The molecule has 0 saturated heterocycles. The first kappa shape index (κ1) is 33.9. The summed E-state index contributed by atoms with van der Waals surface area (Å²) >= 11 is 2.14. The highest BCUT2D eigenvalue weighted by Gasteiger charge is 2.19. The molecular weight excluding hydrogens is 603 g/mol. The largest absolute Gasteiger partial charge is 0.394 e. The lowest BCUT2D eigenvalue weighted by Crippen LogP contribution is -2.31. The Bertz CT molecular complexity index is 1690. The van der Waals surface area contributed by atoms with Crippen LogP contribution >= 0.6 is 22.7 Å². The predicted molar refractivity (Wildman–Crippen MR) is 165 cm³/mol. The molecule has 0 spiro atoms. The van der Waals surface area contributed by atoms with Gasteiger partial charge in [0.05, 0.1) is 62.1 Å². The maximum atomic E-state index is 9.67. The van der Waals surface area contributed by atoms with Crippen molar-refractivity contribution in [3.05, 3.63) is 49.7 Å². The van der Waals surface area contributed by atoms with E-state index in [9.17, 15) is 21.0 Å². The van der Waals surface area contributed by atoms with Crippen LogP contribution in [0.25, 0.3) is 0 Å². The molecule has 0 aliphatic heterocycles. The first-order chi connectivity index (χ1) is 21.3. The van der Waals surface area contributed by atoms with E-state index in [0.29, 0.717) is 69.2 Å². The molecule has 2 N–H and O–H groups in total. The van der Waals surface area contributed by atoms with Crippen LogP contribution in [0.5, 0.6) is 0 Å². The molecule has 3 aromatic rings. The van der Waals surface area contributed by atoms with Gasteiger partial charge in [-0.25, -0.2) is 0 Å². The molecule has 226 valence electrons. The van der Waals surface area contributed by atoms with E-state index in [0.717, 1.165) is 28.2 Å². The van der Waals surface area contributed by atoms with Gasteiger partial charge in [-0.05, 0) is 49.6 Å². The van der Waals surface area contributed by atoms with Crippen LogP contribution in [-0.4, -0.2) is 62.9 Å². The van der Waals surface area contributed by atoms with Gasteiger partial charge < -0.3 is 24.6 Å². The number of benzene rings is 1. The van der Waals surface area contributed by atoms with Gasteiger partial charge in [-0.2, -0.15) is 21.0 Å². The molecule has 0 amide bonds. The van der Waals surface area contributed by atoms with E-state index < -0.39 is 0 Å². The molecule has 2 aromatic heterocycles. The average Bonchev–Trinajstić information content (AvgIpc) is 3.52. The number of aliphatic hydroxyl groups is 2. The maximum Gasteiger partial charge on any atom is 0.158 e. The van der Waals surface area contributed by atoms with Crippen molar-refractivity contribution in [1.82, 2.24) is 0 Å². The Labute approximate surface area is 262 Å². The molecule has 0 saturated carbocycles. The van der Waals surface area contributed by atoms with Crippen molar-refractivity contribution in [2.75, 3.05) is 57.6 Å². The summed E-state index contributed by atoms with van der Waals surface area (Å²) in [7, 11) is 0. The topological polar surface area (TPSA) is 207 Å². The van der Waals surface area contributed by atoms with Crippen LogP contribution in [0.1, 0.15) is 37.6 Å². The Morgan fingerprint density at radius 3 is 1.59 bits per heavy atom. The zero-order chi connectivity index (χ0) is 32.1.